The first kappa shape index (κ1) is 18.4. The first-order valence-corrected chi connectivity index (χ1v) is 9.56. The highest BCUT2D eigenvalue weighted by molar-refractivity contribution is 5.99. The number of rotatable bonds is 4. The van der Waals surface area contributed by atoms with Gasteiger partial charge in [0.15, 0.2) is 22.7 Å². The van der Waals surface area contributed by atoms with Crippen molar-refractivity contribution in [3.05, 3.63) is 24.0 Å². The van der Waals surface area contributed by atoms with Crippen LogP contribution in [0, 0.1) is 0 Å². The summed E-state index contributed by atoms with van der Waals surface area (Å²) in [6.07, 6.45) is 1.52. The highest BCUT2D eigenvalue weighted by atomic mass is 16.6. The number of nitrogens with zero attached hydrogens (tertiary/aromatic N) is 4. The van der Waals surface area contributed by atoms with E-state index in [0.717, 1.165) is 0 Å². The topological polar surface area (TPSA) is 124 Å². The molecule has 1 aromatic carbocycles. The highest BCUT2D eigenvalue weighted by Crippen LogP contribution is 2.42. The van der Waals surface area contributed by atoms with E-state index in [9.17, 15) is 4.79 Å². The van der Waals surface area contributed by atoms with E-state index in [2.05, 4.69) is 25.3 Å². The van der Waals surface area contributed by atoms with Gasteiger partial charge in [0.2, 0.25) is 11.8 Å². The predicted octanol–water partition coefficient (Wildman–Crippen LogP) is 1.35. The third-order valence-corrected chi connectivity index (χ3v) is 4.90. The van der Waals surface area contributed by atoms with Crippen molar-refractivity contribution >= 4 is 28.7 Å². The Morgan fingerprint density at radius 3 is 2.73 bits per heavy atom. The Kier molecular flexibility index (Phi) is 4.71. The number of methoxy groups -OCH3 is 1. The predicted molar refractivity (Wildman–Crippen MR) is 106 cm³/mol. The molecule has 0 radical (unpaired) electrons. The number of aromatic nitrogens is 4. The molecular formula is C19H20N6O5. The summed E-state index contributed by atoms with van der Waals surface area (Å²) < 4.78 is 22.3. The Morgan fingerprint density at radius 2 is 1.93 bits per heavy atom. The van der Waals surface area contributed by atoms with Gasteiger partial charge in [-0.3, -0.25) is 4.79 Å². The fourth-order valence-electron chi connectivity index (χ4n) is 3.47. The number of hydrogen-bond acceptors (Lipinski definition) is 9. The third kappa shape index (κ3) is 3.22. The maximum Gasteiger partial charge on any atom is 0.257 e. The van der Waals surface area contributed by atoms with E-state index in [1.807, 2.05) is 0 Å². The van der Waals surface area contributed by atoms with Crippen LogP contribution in [0.15, 0.2) is 18.5 Å². The lowest BCUT2D eigenvalue weighted by molar-refractivity contribution is 0.0298. The largest absolute Gasteiger partial charge is 0.485 e. The van der Waals surface area contributed by atoms with Crippen molar-refractivity contribution in [2.45, 2.75) is 0 Å². The van der Waals surface area contributed by atoms with Crippen molar-refractivity contribution in [2.75, 3.05) is 51.9 Å². The molecule has 30 heavy (non-hydrogen) atoms. The monoisotopic (exact) mass is 412 g/mol. The number of fused-ring (bicyclic) bond motifs is 2. The zero-order chi connectivity index (χ0) is 20.5. The second kappa shape index (κ2) is 7.67. The van der Waals surface area contributed by atoms with E-state index in [1.54, 1.807) is 17.0 Å². The summed E-state index contributed by atoms with van der Waals surface area (Å²) in [4.78, 5) is 30.6. The summed E-state index contributed by atoms with van der Waals surface area (Å²) in [6.45, 7) is 2.89. The number of amides is 1. The molecule has 2 N–H and O–H groups in total. The van der Waals surface area contributed by atoms with Crippen molar-refractivity contribution in [2.24, 2.45) is 0 Å². The van der Waals surface area contributed by atoms with Gasteiger partial charge < -0.3 is 34.1 Å². The Balaban J connectivity index is 1.50. The summed E-state index contributed by atoms with van der Waals surface area (Å²) in [6, 6.07) is 3.48. The zero-order valence-corrected chi connectivity index (χ0v) is 16.3. The fourth-order valence-corrected chi connectivity index (χ4v) is 3.47. The summed E-state index contributed by atoms with van der Waals surface area (Å²) in [5.74, 6) is 1.40. The minimum atomic E-state index is -0.108. The first-order chi connectivity index (χ1) is 14.7. The normalized spacial score (nSPS) is 15.8. The molecule has 1 saturated heterocycles. The van der Waals surface area contributed by atoms with Crippen LogP contribution in [-0.4, -0.2) is 77.4 Å². The minimum absolute atomic E-state index is 0.108. The van der Waals surface area contributed by atoms with E-state index in [4.69, 9.17) is 18.9 Å². The van der Waals surface area contributed by atoms with Crippen molar-refractivity contribution in [3.8, 4) is 17.4 Å². The van der Waals surface area contributed by atoms with E-state index >= 15 is 0 Å². The van der Waals surface area contributed by atoms with Gasteiger partial charge in [-0.15, -0.1) is 0 Å². The molecule has 2 aromatic heterocycles. The van der Waals surface area contributed by atoms with Crippen LogP contribution < -0.4 is 19.5 Å². The summed E-state index contributed by atoms with van der Waals surface area (Å²) in [5.41, 5.74) is 2.12. The lowest BCUT2D eigenvalue weighted by Gasteiger charge is -2.29. The molecule has 0 aliphatic carbocycles. The standard InChI is InChI=1S/C19H20N6O5/c1-27-17-13-16(21-10-20-13)23-19(24-17)22-12-3-2-11(14-15(12)30-9-8-29-14)18(26)25-4-6-28-7-5-25/h2-3,10H,4-9H2,1H3,(H2,20,21,22,23,24). The molecule has 0 bridgehead atoms. The lowest BCUT2D eigenvalue weighted by atomic mass is 10.1. The van der Waals surface area contributed by atoms with E-state index in [1.165, 1.54) is 13.4 Å². The number of imidazole rings is 1. The number of hydrogen-bond donors (Lipinski definition) is 2. The lowest BCUT2D eigenvalue weighted by Crippen LogP contribution is -2.41. The van der Waals surface area contributed by atoms with Crippen molar-refractivity contribution in [1.82, 2.24) is 24.8 Å². The molecule has 156 valence electrons. The van der Waals surface area contributed by atoms with Gasteiger partial charge in [0.25, 0.3) is 5.91 Å². The number of benzene rings is 1. The Morgan fingerprint density at radius 1 is 1.13 bits per heavy atom. The average molecular weight is 412 g/mol. The van der Waals surface area contributed by atoms with Crippen molar-refractivity contribution in [1.29, 1.82) is 0 Å². The molecular weight excluding hydrogens is 392 g/mol. The molecule has 0 unspecified atom stereocenters. The molecule has 1 fully saturated rings. The number of carbonyl (C=O) groups is 1. The van der Waals surface area contributed by atoms with Crippen LogP contribution >= 0.6 is 0 Å². The number of carbonyl (C=O) groups excluding carboxylic acids is 1. The number of ether oxygens (including phenoxy) is 4. The molecule has 3 aromatic rings. The molecule has 11 heteroatoms. The molecule has 0 atom stereocenters. The molecule has 2 aliphatic heterocycles. The Bertz CT molecular complexity index is 1090. The molecule has 0 spiro atoms. The second-order valence-electron chi connectivity index (χ2n) is 6.70. The van der Waals surface area contributed by atoms with Crippen LogP contribution in [-0.2, 0) is 4.74 Å². The number of morpholine rings is 1. The third-order valence-electron chi connectivity index (χ3n) is 4.90. The summed E-state index contributed by atoms with van der Waals surface area (Å²) in [5, 5.41) is 3.13. The van der Waals surface area contributed by atoms with Gasteiger partial charge >= 0.3 is 0 Å². The van der Waals surface area contributed by atoms with E-state index < -0.39 is 0 Å². The number of H-pyrrole nitrogens is 1. The summed E-state index contributed by atoms with van der Waals surface area (Å²) >= 11 is 0. The van der Waals surface area contributed by atoms with Gasteiger partial charge in [0, 0.05) is 13.1 Å². The maximum absolute atomic E-state index is 13.0. The number of aromatic amines is 1. The van der Waals surface area contributed by atoms with Crippen LogP contribution in [0.25, 0.3) is 11.2 Å². The molecule has 0 saturated carbocycles. The number of anilines is 2. The van der Waals surface area contributed by atoms with Crippen molar-refractivity contribution < 1.29 is 23.7 Å². The first-order valence-electron chi connectivity index (χ1n) is 9.56. The molecule has 5 rings (SSSR count). The van der Waals surface area contributed by atoms with Gasteiger partial charge in [-0.2, -0.15) is 9.97 Å². The summed E-state index contributed by atoms with van der Waals surface area (Å²) in [7, 11) is 1.52. The van der Waals surface area contributed by atoms with Gasteiger partial charge in [-0.05, 0) is 12.1 Å². The van der Waals surface area contributed by atoms with Crippen LogP contribution in [0.3, 0.4) is 0 Å². The minimum Gasteiger partial charge on any atom is -0.485 e. The Labute approximate surface area is 171 Å². The van der Waals surface area contributed by atoms with Gasteiger partial charge in [-0.1, -0.05) is 0 Å². The van der Waals surface area contributed by atoms with Gasteiger partial charge in [0.05, 0.1) is 37.9 Å². The van der Waals surface area contributed by atoms with Crippen LogP contribution in [0.4, 0.5) is 11.6 Å². The fraction of sp³-hybridized carbons (Fsp3) is 0.368. The SMILES string of the molecule is COc1nc(Nc2ccc(C(=O)N3CCOCC3)c3c2OCCO3)nc2[nH]cnc12. The van der Waals surface area contributed by atoms with Gasteiger partial charge in [-0.25, -0.2) is 4.98 Å². The van der Waals surface area contributed by atoms with Gasteiger partial charge in [0.1, 0.15) is 13.2 Å². The molecule has 4 heterocycles. The number of nitrogens with one attached hydrogen (secondary N) is 2. The molecule has 11 nitrogen and oxygen atoms in total. The zero-order valence-electron chi connectivity index (χ0n) is 16.3. The van der Waals surface area contributed by atoms with Crippen LogP contribution in [0.2, 0.25) is 0 Å². The van der Waals surface area contributed by atoms with Crippen LogP contribution in [0.5, 0.6) is 17.4 Å². The second-order valence-corrected chi connectivity index (χ2v) is 6.70. The quantitative estimate of drug-likeness (QED) is 0.653. The molecule has 1 amide bonds. The average Bonchev–Trinajstić information content (AvgIpc) is 3.27. The maximum atomic E-state index is 13.0. The van der Waals surface area contributed by atoms with E-state index in [-0.39, 0.29) is 5.91 Å². The Hall–Kier alpha value is -3.60. The van der Waals surface area contributed by atoms with E-state index in [0.29, 0.717) is 85.3 Å². The van der Waals surface area contributed by atoms with Crippen molar-refractivity contribution in [3.63, 3.8) is 0 Å². The smallest absolute Gasteiger partial charge is 0.257 e. The van der Waals surface area contributed by atoms with Crippen LogP contribution in [0.1, 0.15) is 10.4 Å². The highest BCUT2D eigenvalue weighted by Gasteiger charge is 2.28. The molecule has 2 aliphatic rings.